The zero-order valence-corrected chi connectivity index (χ0v) is 11.1. The predicted molar refractivity (Wildman–Crippen MR) is 67.9 cm³/mol. The van der Waals surface area contributed by atoms with E-state index < -0.39 is 6.10 Å². The fourth-order valence-corrected chi connectivity index (χ4v) is 2.22. The number of ether oxygens (including phenoxy) is 1. The average Bonchev–Trinajstić information content (AvgIpc) is 2.29. The summed E-state index contributed by atoms with van der Waals surface area (Å²) in [7, 11) is 0. The molecule has 1 saturated carbocycles. The summed E-state index contributed by atoms with van der Waals surface area (Å²) in [5, 5.41) is 22.6. The highest BCUT2D eigenvalue weighted by Gasteiger charge is 2.22. The number of aliphatic hydroxyl groups excluding tert-OH is 2. The van der Waals surface area contributed by atoms with Crippen LogP contribution >= 0.6 is 0 Å². The van der Waals surface area contributed by atoms with Gasteiger partial charge in [-0.2, -0.15) is 0 Å². The van der Waals surface area contributed by atoms with Crippen LogP contribution in [0.5, 0.6) is 0 Å². The Kier molecular flexibility index (Phi) is 7.04. The highest BCUT2D eigenvalue weighted by atomic mass is 16.5. The molecule has 1 rings (SSSR count). The molecule has 3 N–H and O–H groups in total. The minimum atomic E-state index is -0.460. The Hall–Kier alpha value is -0.160. The second kappa shape index (κ2) is 8.03. The minimum Gasteiger partial charge on any atom is -0.393 e. The molecule has 1 aliphatic rings. The van der Waals surface area contributed by atoms with Gasteiger partial charge < -0.3 is 20.3 Å². The Bertz CT molecular complexity index is 199. The van der Waals surface area contributed by atoms with Gasteiger partial charge in [0.15, 0.2) is 0 Å². The highest BCUT2D eigenvalue weighted by molar-refractivity contribution is 4.76. The Morgan fingerprint density at radius 3 is 2.65 bits per heavy atom. The van der Waals surface area contributed by atoms with Crippen molar-refractivity contribution < 1.29 is 14.9 Å². The van der Waals surface area contributed by atoms with Crippen molar-refractivity contribution in [3.05, 3.63) is 0 Å². The zero-order chi connectivity index (χ0) is 12.7. The fraction of sp³-hybridized carbons (Fsp3) is 1.00. The molecule has 0 aromatic rings. The maximum absolute atomic E-state index is 9.78. The van der Waals surface area contributed by atoms with E-state index in [1.807, 2.05) is 13.8 Å². The third-order valence-electron chi connectivity index (χ3n) is 3.28. The first kappa shape index (κ1) is 14.9. The van der Waals surface area contributed by atoms with E-state index in [2.05, 4.69) is 5.32 Å². The molecule has 0 saturated heterocycles. The molecule has 0 bridgehead atoms. The number of hydrogen-bond donors (Lipinski definition) is 3. The summed E-state index contributed by atoms with van der Waals surface area (Å²) in [6.07, 6.45) is 3.89. The number of hydrogen-bond acceptors (Lipinski definition) is 4. The van der Waals surface area contributed by atoms with Crippen LogP contribution < -0.4 is 5.32 Å². The number of nitrogens with one attached hydrogen (secondary N) is 1. The minimum absolute atomic E-state index is 0.157. The van der Waals surface area contributed by atoms with Crippen LogP contribution in [0.25, 0.3) is 0 Å². The molecule has 4 nitrogen and oxygen atoms in total. The van der Waals surface area contributed by atoms with E-state index in [0.29, 0.717) is 19.1 Å². The van der Waals surface area contributed by atoms with E-state index in [1.54, 1.807) is 0 Å². The third kappa shape index (κ3) is 6.36. The van der Waals surface area contributed by atoms with E-state index in [0.717, 1.165) is 25.8 Å². The summed E-state index contributed by atoms with van der Waals surface area (Å²) in [6, 6.07) is 0. The number of aliphatic hydroxyl groups is 2. The van der Waals surface area contributed by atoms with E-state index >= 15 is 0 Å². The summed E-state index contributed by atoms with van der Waals surface area (Å²) in [5.41, 5.74) is 0. The maximum atomic E-state index is 9.78. The molecule has 3 unspecified atom stereocenters. The first-order valence-corrected chi connectivity index (χ1v) is 6.78. The molecular formula is C13H27NO3. The van der Waals surface area contributed by atoms with Gasteiger partial charge in [-0.25, -0.2) is 0 Å². The molecule has 0 aromatic heterocycles. The smallest absolute Gasteiger partial charge is 0.0897 e. The number of rotatable bonds is 7. The van der Waals surface area contributed by atoms with E-state index in [4.69, 9.17) is 4.74 Å². The quantitative estimate of drug-likeness (QED) is 0.624. The lowest BCUT2D eigenvalue weighted by atomic mass is 9.86. The summed E-state index contributed by atoms with van der Waals surface area (Å²) < 4.78 is 5.33. The van der Waals surface area contributed by atoms with Gasteiger partial charge in [-0.3, -0.25) is 0 Å². The topological polar surface area (TPSA) is 61.7 Å². The van der Waals surface area contributed by atoms with Gasteiger partial charge >= 0.3 is 0 Å². The van der Waals surface area contributed by atoms with Gasteiger partial charge in [-0.05, 0) is 32.6 Å². The van der Waals surface area contributed by atoms with E-state index in [1.165, 1.54) is 6.42 Å². The third-order valence-corrected chi connectivity index (χ3v) is 3.28. The monoisotopic (exact) mass is 245 g/mol. The highest BCUT2D eigenvalue weighted by Crippen LogP contribution is 2.23. The zero-order valence-electron chi connectivity index (χ0n) is 11.1. The van der Waals surface area contributed by atoms with Crippen LogP contribution in [-0.2, 0) is 4.74 Å². The Labute approximate surface area is 104 Å². The molecule has 0 aliphatic heterocycles. The molecule has 0 spiro atoms. The van der Waals surface area contributed by atoms with Crippen molar-refractivity contribution in [2.45, 2.75) is 57.8 Å². The van der Waals surface area contributed by atoms with Crippen molar-refractivity contribution in [2.75, 3.05) is 19.7 Å². The molecule has 17 heavy (non-hydrogen) atoms. The van der Waals surface area contributed by atoms with Gasteiger partial charge in [0.25, 0.3) is 0 Å². The van der Waals surface area contributed by atoms with Crippen LogP contribution in [-0.4, -0.2) is 48.2 Å². The van der Waals surface area contributed by atoms with Gasteiger partial charge in [0.2, 0.25) is 0 Å². The second-order valence-corrected chi connectivity index (χ2v) is 5.31. The van der Waals surface area contributed by atoms with E-state index in [-0.39, 0.29) is 12.2 Å². The Morgan fingerprint density at radius 2 is 2.00 bits per heavy atom. The molecule has 0 radical (unpaired) electrons. The van der Waals surface area contributed by atoms with Crippen molar-refractivity contribution in [2.24, 2.45) is 5.92 Å². The molecule has 0 aromatic carbocycles. The molecule has 0 amide bonds. The summed E-state index contributed by atoms with van der Waals surface area (Å²) in [4.78, 5) is 0. The van der Waals surface area contributed by atoms with Crippen molar-refractivity contribution in [1.82, 2.24) is 5.32 Å². The SMILES string of the molecule is CC(C)OCC(O)CNCC1CCCCC1O. The average molecular weight is 245 g/mol. The maximum Gasteiger partial charge on any atom is 0.0897 e. The molecule has 102 valence electrons. The van der Waals surface area contributed by atoms with Crippen LogP contribution in [0.4, 0.5) is 0 Å². The largest absolute Gasteiger partial charge is 0.393 e. The summed E-state index contributed by atoms with van der Waals surface area (Å²) in [6.45, 7) is 5.62. The van der Waals surface area contributed by atoms with Gasteiger partial charge in [-0.1, -0.05) is 12.8 Å². The van der Waals surface area contributed by atoms with Crippen molar-refractivity contribution >= 4 is 0 Å². The van der Waals surface area contributed by atoms with Crippen molar-refractivity contribution in [3.63, 3.8) is 0 Å². The van der Waals surface area contributed by atoms with Crippen LogP contribution in [0.15, 0.2) is 0 Å². The van der Waals surface area contributed by atoms with Gasteiger partial charge in [0, 0.05) is 13.1 Å². The molecule has 0 heterocycles. The van der Waals surface area contributed by atoms with E-state index in [9.17, 15) is 10.2 Å². The van der Waals surface area contributed by atoms with Gasteiger partial charge in [0.1, 0.15) is 0 Å². The fourth-order valence-electron chi connectivity index (χ4n) is 2.22. The van der Waals surface area contributed by atoms with Gasteiger partial charge in [-0.15, -0.1) is 0 Å². The molecule has 4 heteroatoms. The molecule has 1 fully saturated rings. The van der Waals surface area contributed by atoms with Gasteiger partial charge in [0.05, 0.1) is 24.9 Å². The molecule has 3 atom stereocenters. The Balaban J connectivity index is 2.05. The first-order chi connectivity index (χ1) is 8.09. The van der Waals surface area contributed by atoms with Crippen LogP contribution in [0.1, 0.15) is 39.5 Å². The van der Waals surface area contributed by atoms with Crippen molar-refractivity contribution in [1.29, 1.82) is 0 Å². The summed E-state index contributed by atoms with van der Waals surface area (Å²) in [5.74, 6) is 0.349. The second-order valence-electron chi connectivity index (χ2n) is 5.31. The Morgan fingerprint density at radius 1 is 1.29 bits per heavy atom. The molecule has 1 aliphatic carbocycles. The van der Waals surface area contributed by atoms with Crippen molar-refractivity contribution in [3.8, 4) is 0 Å². The standard InChI is InChI=1S/C13H27NO3/c1-10(2)17-9-12(15)8-14-7-11-5-3-4-6-13(11)16/h10-16H,3-9H2,1-2H3. The van der Waals surface area contributed by atoms with Crippen LogP contribution in [0.3, 0.4) is 0 Å². The normalized spacial score (nSPS) is 27.4. The van der Waals surface area contributed by atoms with Crippen LogP contribution in [0, 0.1) is 5.92 Å². The molecular weight excluding hydrogens is 218 g/mol. The lowest BCUT2D eigenvalue weighted by molar-refractivity contribution is 0.00457. The summed E-state index contributed by atoms with van der Waals surface area (Å²) >= 11 is 0. The predicted octanol–water partition coefficient (Wildman–Crippen LogP) is 0.913. The lowest BCUT2D eigenvalue weighted by Crippen LogP contribution is -2.38. The lowest BCUT2D eigenvalue weighted by Gasteiger charge is -2.28. The first-order valence-electron chi connectivity index (χ1n) is 6.78. The van der Waals surface area contributed by atoms with Crippen LogP contribution in [0.2, 0.25) is 0 Å².